The predicted molar refractivity (Wildman–Crippen MR) is 183 cm³/mol. The van der Waals surface area contributed by atoms with Gasteiger partial charge in [-0.25, -0.2) is 4.79 Å². The van der Waals surface area contributed by atoms with Crippen LogP contribution in [0.25, 0.3) is 0 Å². The Hall–Kier alpha value is -1.78. The fourth-order valence-electron chi connectivity index (χ4n) is 7.64. The standard InChI is InChI=1S/C37H61NO12/c1-11-27-24(18-45-37-35(44-10)34(43-9)30(41)23(6)47-37)33-28(49-33)14-13-26(39)20(3)16-21(4)32(19(2)12-15-29(40)48-27)50-36-31(42)25(38(7)8)17-22(5)46-36/h12-15,19-25,27-28,30-37,41-42H,11,16-18H2,1-10H3/b14-13+,15-12+/t19-,20+,21-,22?,23?,24+,25?,27+,28+,30?,31?,32+,33+,34?,35?,36?,37?/m0/s1. The van der Waals surface area contributed by atoms with Crippen molar-refractivity contribution in [1.82, 2.24) is 4.90 Å². The molecule has 0 bridgehead atoms. The number of ketones is 1. The first kappa shape index (κ1) is 41.0. The highest BCUT2D eigenvalue weighted by molar-refractivity contribution is 5.91. The normalized spacial score (nSPS) is 46.2. The second-order valence-electron chi connectivity index (χ2n) is 14.8. The fourth-order valence-corrected chi connectivity index (χ4v) is 7.64. The van der Waals surface area contributed by atoms with Gasteiger partial charge in [-0.2, -0.15) is 0 Å². The van der Waals surface area contributed by atoms with Gasteiger partial charge in [0.2, 0.25) is 0 Å². The SMILES string of the molecule is CC[C@H]1OC(=O)/C=C/[C@H](C)[C@@H](OC2OC(C)CC(N(C)C)C2O)[C@@H](C)C[C@@H](C)C(=O)/C=C/[C@H]2O[C@@H]2[C@@H]1COC1OC(C)C(O)C(OC)C1OC. The summed E-state index contributed by atoms with van der Waals surface area (Å²) in [7, 11) is 6.85. The molecule has 0 aliphatic carbocycles. The van der Waals surface area contributed by atoms with Crippen LogP contribution in [0, 0.1) is 23.7 Å². The summed E-state index contributed by atoms with van der Waals surface area (Å²) < 4.78 is 48.1. The third-order valence-electron chi connectivity index (χ3n) is 10.7. The molecule has 0 radical (unpaired) electrons. The average molecular weight is 712 g/mol. The number of ether oxygens (including phenoxy) is 8. The van der Waals surface area contributed by atoms with Gasteiger partial charge >= 0.3 is 5.97 Å². The number of allylic oxidation sites excluding steroid dienone is 1. The number of cyclic esters (lactones) is 1. The van der Waals surface area contributed by atoms with Crippen molar-refractivity contribution in [3.05, 3.63) is 24.3 Å². The summed E-state index contributed by atoms with van der Waals surface area (Å²) in [5, 5.41) is 21.8. The Kier molecular flexibility index (Phi) is 15.0. The molecule has 286 valence electrons. The van der Waals surface area contributed by atoms with Crippen molar-refractivity contribution in [2.75, 3.05) is 34.9 Å². The molecule has 2 N–H and O–H groups in total. The molecular formula is C37H61NO12. The second kappa shape index (κ2) is 18.3. The van der Waals surface area contributed by atoms with E-state index in [0.717, 1.165) is 0 Å². The van der Waals surface area contributed by atoms with E-state index in [0.29, 0.717) is 19.3 Å². The summed E-state index contributed by atoms with van der Waals surface area (Å²) >= 11 is 0. The Morgan fingerprint density at radius 3 is 2.20 bits per heavy atom. The summed E-state index contributed by atoms with van der Waals surface area (Å²) in [4.78, 5) is 28.7. The summed E-state index contributed by atoms with van der Waals surface area (Å²) in [5.41, 5.74) is 0. The maximum absolute atomic E-state index is 13.4. The summed E-state index contributed by atoms with van der Waals surface area (Å²) in [6, 6.07) is -0.144. The lowest BCUT2D eigenvalue weighted by Gasteiger charge is -2.43. The summed E-state index contributed by atoms with van der Waals surface area (Å²) in [5.74, 6) is -1.66. The molecule has 0 spiro atoms. The zero-order valence-corrected chi connectivity index (χ0v) is 31.4. The molecule has 50 heavy (non-hydrogen) atoms. The number of likely N-dealkylation sites (N-methyl/N-ethyl adjacent to an activating group) is 1. The number of epoxide rings is 1. The van der Waals surface area contributed by atoms with Gasteiger partial charge < -0.3 is 53.0 Å². The van der Waals surface area contributed by atoms with Crippen molar-refractivity contribution in [3.8, 4) is 0 Å². The van der Waals surface area contributed by atoms with Crippen LogP contribution in [0.1, 0.15) is 60.8 Å². The van der Waals surface area contributed by atoms with E-state index in [4.69, 9.17) is 37.9 Å². The number of aliphatic hydroxyl groups excluding tert-OH is 2. The lowest BCUT2D eigenvalue weighted by atomic mass is 9.84. The quantitative estimate of drug-likeness (QED) is 0.266. The van der Waals surface area contributed by atoms with Crippen molar-refractivity contribution in [1.29, 1.82) is 0 Å². The largest absolute Gasteiger partial charge is 0.459 e. The Balaban J connectivity index is 1.56. The first-order valence-corrected chi connectivity index (χ1v) is 18.1. The third-order valence-corrected chi connectivity index (χ3v) is 10.7. The van der Waals surface area contributed by atoms with Crippen molar-refractivity contribution in [2.24, 2.45) is 23.7 Å². The molecule has 0 aromatic heterocycles. The molecule has 0 amide bonds. The van der Waals surface area contributed by atoms with Gasteiger partial charge in [-0.05, 0) is 65.3 Å². The van der Waals surface area contributed by atoms with E-state index in [-0.39, 0.29) is 54.5 Å². The fraction of sp³-hybridized carbons (Fsp3) is 0.838. The smallest absolute Gasteiger partial charge is 0.330 e. The molecule has 0 saturated carbocycles. The topological polar surface area (TPSA) is 155 Å². The average Bonchev–Trinajstić information content (AvgIpc) is 3.85. The zero-order chi connectivity index (χ0) is 36.9. The maximum atomic E-state index is 13.4. The monoisotopic (exact) mass is 711 g/mol. The van der Waals surface area contributed by atoms with Gasteiger partial charge in [0.25, 0.3) is 0 Å². The molecule has 4 aliphatic heterocycles. The van der Waals surface area contributed by atoms with E-state index in [1.54, 1.807) is 25.2 Å². The molecule has 4 aliphatic rings. The van der Waals surface area contributed by atoms with E-state index >= 15 is 0 Å². The minimum absolute atomic E-state index is 0.0293. The molecule has 4 rings (SSSR count). The van der Waals surface area contributed by atoms with Crippen LogP contribution in [0.2, 0.25) is 0 Å². The number of hydrogen-bond donors (Lipinski definition) is 2. The molecule has 9 unspecified atom stereocenters. The van der Waals surface area contributed by atoms with Gasteiger partial charge in [0.1, 0.15) is 36.6 Å². The molecule has 13 nitrogen and oxygen atoms in total. The number of carbonyl (C=O) groups is 2. The Morgan fingerprint density at radius 1 is 0.860 bits per heavy atom. The van der Waals surface area contributed by atoms with Gasteiger partial charge in [-0.15, -0.1) is 0 Å². The molecule has 0 aromatic carbocycles. The lowest BCUT2D eigenvalue weighted by Crippen LogP contribution is -2.59. The van der Waals surface area contributed by atoms with Crippen LogP contribution in [-0.2, 0) is 47.5 Å². The van der Waals surface area contributed by atoms with Crippen LogP contribution in [-0.4, -0.2) is 141 Å². The molecule has 17 atom stereocenters. The number of esters is 1. The molecule has 4 heterocycles. The van der Waals surface area contributed by atoms with Crippen LogP contribution < -0.4 is 0 Å². The maximum Gasteiger partial charge on any atom is 0.330 e. The third kappa shape index (κ3) is 10.00. The van der Waals surface area contributed by atoms with E-state index < -0.39 is 67.2 Å². The number of rotatable bonds is 9. The second-order valence-corrected chi connectivity index (χ2v) is 14.8. The van der Waals surface area contributed by atoms with Crippen molar-refractivity contribution in [2.45, 2.75) is 140 Å². The predicted octanol–water partition coefficient (Wildman–Crippen LogP) is 2.65. The Labute approximate surface area is 297 Å². The molecule has 3 fully saturated rings. The van der Waals surface area contributed by atoms with Gasteiger partial charge in [-0.3, -0.25) is 4.79 Å². The van der Waals surface area contributed by atoms with Crippen LogP contribution in [0.3, 0.4) is 0 Å². The van der Waals surface area contributed by atoms with E-state index in [9.17, 15) is 19.8 Å². The van der Waals surface area contributed by atoms with Gasteiger partial charge in [-0.1, -0.05) is 33.8 Å². The number of carbonyl (C=O) groups excluding carboxylic acids is 2. The van der Waals surface area contributed by atoms with Gasteiger partial charge in [0.15, 0.2) is 18.4 Å². The Morgan fingerprint density at radius 2 is 1.56 bits per heavy atom. The molecular weight excluding hydrogens is 650 g/mol. The molecule has 0 aromatic rings. The first-order valence-electron chi connectivity index (χ1n) is 18.1. The molecule has 3 saturated heterocycles. The Bertz CT molecular complexity index is 1170. The van der Waals surface area contributed by atoms with E-state index in [2.05, 4.69) is 0 Å². The van der Waals surface area contributed by atoms with Crippen molar-refractivity contribution >= 4 is 11.8 Å². The van der Waals surface area contributed by atoms with Gasteiger partial charge in [0, 0.05) is 44.1 Å². The number of aliphatic hydroxyl groups is 2. The van der Waals surface area contributed by atoms with Crippen LogP contribution in [0.15, 0.2) is 24.3 Å². The van der Waals surface area contributed by atoms with Gasteiger partial charge in [0.05, 0.1) is 31.0 Å². The lowest BCUT2D eigenvalue weighted by molar-refractivity contribution is -0.305. The highest BCUT2D eigenvalue weighted by Crippen LogP contribution is 2.37. The first-order chi connectivity index (χ1) is 23.7. The van der Waals surface area contributed by atoms with E-state index in [1.807, 2.05) is 53.6 Å². The van der Waals surface area contributed by atoms with Crippen LogP contribution >= 0.6 is 0 Å². The number of fused-ring (bicyclic) bond motifs is 1. The molecule has 13 heteroatoms. The minimum Gasteiger partial charge on any atom is -0.459 e. The van der Waals surface area contributed by atoms with Crippen molar-refractivity contribution < 1.29 is 57.7 Å². The summed E-state index contributed by atoms with van der Waals surface area (Å²) in [6.45, 7) is 11.6. The highest BCUT2D eigenvalue weighted by Gasteiger charge is 2.50. The number of hydrogen-bond acceptors (Lipinski definition) is 13. The number of methoxy groups -OCH3 is 2. The number of nitrogens with zero attached hydrogens (tertiary/aromatic N) is 1. The van der Waals surface area contributed by atoms with E-state index in [1.165, 1.54) is 20.3 Å². The minimum atomic E-state index is -0.904. The summed E-state index contributed by atoms with van der Waals surface area (Å²) in [6.07, 6.45) is 0.848. The van der Waals surface area contributed by atoms with Crippen LogP contribution in [0.5, 0.6) is 0 Å². The zero-order valence-electron chi connectivity index (χ0n) is 31.4. The highest BCUT2D eigenvalue weighted by atomic mass is 16.7. The van der Waals surface area contributed by atoms with Crippen LogP contribution in [0.4, 0.5) is 0 Å². The van der Waals surface area contributed by atoms with Crippen molar-refractivity contribution in [3.63, 3.8) is 0 Å².